The Morgan fingerprint density at radius 2 is 1.90 bits per heavy atom. The lowest BCUT2D eigenvalue weighted by Crippen LogP contribution is -2.66. The molecule has 4 rings (SSSR count). The van der Waals surface area contributed by atoms with Gasteiger partial charge in [0.25, 0.3) is 0 Å². The van der Waals surface area contributed by atoms with Crippen LogP contribution in [0.25, 0.3) is 22.3 Å². The molecule has 1 atom stereocenters. The number of piperazine rings is 1. The summed E-state index contributed by atoms with van der Waals surface area (Å²) in [6.45, 7) is 14.0. The molecule has 3 N–H and O–H groups in total. The van der Waals surface area contributed by atoms with Gasteiger partial charge in [0.15, 0.2) is 5.65 Å². The molecule has 0 saturated carbocycles. The normalized spacial score (nSPS) is 22.2. The molecule has 0 bridgehead atoms. The minimum atomic E-state index is 0.0562. The van der Waals surface area contributed by atoms with Crippen LogP contribution in [-0.4, -0.2) is 49.4 Å². The maximum atomic E-state index is 9.63. The summed E-state index contributed by atoms with van der Waals surface area (Å²) in [5.41, 5.74) is 5.06. The number of hydrogen-bond acceptors (Lipinski definition) is 5. The Kier molecular flexibility index (Phi) is 4.87. The Morgan fingerprint density at radius 1 is 1.17 bits per heavy atom. The van der Waals surface area contributed by atoms with E-state index >= 15 is 0 Å². The maximum absolute atomic E-state index is 9.63. The summed E-state index contributed by atoms with van der Waals surface area (Å²) in [4.78, 5) is 7.35. The van der Waals surface area contributed by atoms with Crippen molar-refractivity contribution in [2.45, 2.75) is 58.7 Å². The first-order chi connectivity index (χ1) is 13.7. The van der Waals surface area contributed by atoms with Crippen LogP contribution in [0, 0.1) is 6.92 Å². The average molecular weight is 394 g/mol. The maximum Gasteiger partial charge on any atom is 0.182 e. The second kappa shape index (κ2) is 7.11. The number of benzene rings is 1. The lowest BCUT2D eigenvalue weighted by atomic mass is 9.87. The molecule has 0 spiro atoms. The number of aromatic amines is 1. The molecule has 0 radical (unpaired) electrons. The third-order valence-electron chi connectivity index (χ3n) is 6.43. The van der Waals surface area contributed by atoms with E-state index in [1.54, 1.807) is 12.1 Å². The second-order valence-corrected chi connectivity index (χ2v) is 9.20. The number of H-pyrrole nitrogens is 1. The molecule has 154 valence electrons. The van der Waals surface area contributed by atoms with E-state index in [1.807, 2.05) is 12.1 Å². The van der Waals surface area contributed by atoms with Crippen molar-refractivity contribution >= 4 is 11.0 Å². The van der Waals surface area contributed by atoms with Crippen molar-refractivity contribution in [2.24, 2.45) is 0 Å². The van der Waals surface area contributed by atoms with E-state index in [-0.39, 0.29) is 16.8 Å². The summed E-state index contributed by atoms with van der Waals surface area (Å²) in [6.07, 6.45) is 1.09. The zero-order valence-electron chi connectivity index (χ0n) is 18.0. The molecule has 0 amide bonds. The molecule has 1 aliphatic rings. The Morgan fingerprint density at radius 3 is 2.59 bits per heavy atom. The highest BCUT2D eigenvalue weighted by Crippen LogP contribution is 2.32. The van der Waals surface area contributed by atoms with E-state index in [0.717, 1.165) is 54.0 Å². The van der Waals surface area contributed by atoms with Crippen molar-refractivity contribution in [2.75, 3.05) is 13.1 Å². The first kappa shape index (κ1) is 19.9. The van der Waals surface area contributed by atoms with Crippen molar-refractivity contribution in [3.63, 3.8) is 0 Å². The van der Waals surface area contributed by atoms with Crippen LogP contribution < -0.4 is 5.32 Å². The molecular formula is C23H31N5O. The van der Waals surface area contributed by atoms with Crippen LogP contribution in [0.1, 0.15) is 45.4 Å². The summed E-state index contributed by atoms with van der Waals surface area (Å²) in [5, 5.41) is 22.0. The molecule has 1 fully saturated rings. The Balaban J connectivity index is 1.77. The van der Waals surface area contributed by atoms with Gasteiger partial charge in [-0.3, -0.25) is 10.00 Å². The fraction of sp³-hybridized carbons (Fsp3) is 0.478. The molecule has 3 heterocycles. The first-order valence-electron chi connectivity index (χ1n) is 10.3. The number of rotatable bonds is 4. The van der Waals surface area contributed by atoms with Gasteiger partial charge in [-0.2, -0.15) is 5.10 Å². The number of aryl methyl sites for hydroxylation is 1. The highest BCUT2D eigenvalue weighted by atomic mass is 16.3. The van der Waals surface area contributed by atoms with Gasteiger partial charge in [0, 0.05) is 47.4 Å². The van der Waals surface area contributed by atoms with Crippen molar-refractivity contribution in [3.05, 3.63) is 41.6 Å². The highest BCUT2D eigenvalue weighted by Gasteiger charge is 2.39. The van der Waals surface area contributed by atoms with Crippen LogP contribution in [0.3, 0.4) is 0 Å². The Labute approximate surface area is 172 Å². The van der Waals surface area contributed by atoms with Gasteiger partial charge in [-0.15, -0.1) is 0 Å². The van der Waals surface area contributed by atoms with Crippen LogP contribution in [0.5, 0.6) is 5.75 Å². The van der Waals surface area contributed by atoms with Crippen LogP contribution in [0.15, 0.2) is 30.3 Å². The third-order valence-corrected chi connectivity index (χ3v) is 6.43. The molecule has 6 nitrogen and oxygen atoms in total. The van der Waals surface area contributed by atoms with Crippen LogP contribution >= 0.6 is 0 Å². The molecule has 3 aromatic rings. The number of phenolic OH excluding ortho intramolecular Hbond substituents is 1. The molecule has 1 aliphatic heterocycles. The van der Waals surface area contributed by atoms with E-state index in [4.69, 9.17) is 4.98 Å². The van der Waals surface area contributed by atoms with Crippen molar-refractivity contribution in [1.29, 1.82) is 0 Å². The van der Waals surface area contributed by atoms with E-state index in [1.165, 1.54) is 5.56 Å². The largest absolute Gasteiger partial charge is 0.508 e. The van der Waals surface area contributed by atoms with Crippen LogP contribution in [0.4, 0.5) is 0 Å². The number of aromatic nitrogens is 3. The van der Waals surface area contributed by atoms with E-state index in [2.05, 4.69) is 61.1 Å². The third kappa shape index (κ3) is 3.74. The predicted octanol–water partition coefficient (Wildman–Crippen LogP) is 3.99. The molecule has 1 aromatic carbocycles. The number of fused-ring (bicyclic) bond motifs is 1. The molecule has 6 heteroatoms. The minimum absolute atomic E-state index is 0.0562. The lowest BCUT2D eigenvalue weighted by Gasteiger charge is -2.51. The van der Waals surface area contributed by atoms with Gasteiger partial charge in [0.2, 0.25) is 0 Å². The Bertz CT molecular complexity index is 1020. The van der Waals surface area contributed by atoms with E-state index in [0.29, 0.717) is 0 Å². The van der Waals surface area contributed by atoms with E-state index < -0.39 is 0 Å². The SMILES string of the molecule is CCC1(C)CN(Cc2cc(-c3ccc(O)cc3)nc3n[nH]c(C)c23)C(C)(C)CN1. The molecule has 2 aromatic heterocycles. The first-order valence-corrected chi connectivity index (χ1v) is 10.3. The van der Waals surface area contributed by atoms with Crippen LogP contribution in [-0.2, 0) is 6.54 Å². The monoisotopic (exact) mass is 393 g/mol. The smallest absolute Gasteiger partial charge is 0.182 e. The van der Waals surface area contributed by atoms with Gasteiger partial charge >= 0.3 is 0 Å². The number of hydrogen-bond donors (Lipinski definition) is 3. The van der Waals surface area contributed by atoms with Gasteiger partial charge in [-0.1, -0.05) is 6.92 Å². The van der Waals surface area contributed by atoms with Crippen molar-refractivity contribution in [1.82, 2.24) is 25.4 Å². The number of nitrogens with one attached hydrogen (secondary N) is 2. The Hall–Kier alpha value is -2.44. The number of nitrogens with zero attached hydrogens (tertiary/aromatic N) is 3. The number of phenols is 1. The fourth-order valence-electron chi connectivity index (χ4n) is 4.12. The van der Waals surface area contributed by atoms with Gasteiger partial charge in [-0.05, 0) is 70.0 Å². The standard InChI is InChI=1S/C23H31N5O/c1-6-23(5)14-28(22(3,4)13-24-23)12-17-11-19(16-7-9-18(29)10-8-16)25-21-20(17)15(2)26-27-21/h7-11,24,29H,6,12-14H2,1-5H3,(H,25,26,27). The summed E-state index contributed by atoms with van der Waals surface area (Å²) < 4.78 is 0. The highest BCUT2D eigenvalue weighted by molar-refractivity contribution is 5.84. The number of pyridine rings is 1. The minimum Gasteiger partial charge on any atom is -0.508 e. The molecular weight excluding hydrogens is 362 g/mol. The van der Waals surface area contributed by atoms with E-state index in [9.17, 15) is 5.11 Å². The fourth-order valence-corrected chi connectivity index (χ4v) is 4.12. The summed E-state index contributed by atoms with van der Waals surface area (Å²) >= 11 is 0. The summed E-state index contributed by atoms with van der Waals surface area (Å²) in [7, 11) is 0. The predicted molar refractivity (Wildman–Crippen MR) is 117 cm³/mol. The average Bonchev–Trinajstić information content (AvgIpc) is 3.07. The van der Waals surface area contributed by atoms with Crippen molar-refractivity contribution in [3.8, 4) is 17.0 Å². The van der Waals surface area contributed by atoms with Gasteiger partial charge in [0.05, 0.1) is 5.69 Å². The van der Waals surface area contributed by atoms with Gasteiger partial charge < -0.3 is 10.4 Å². The second-order valence-electron chi connectivity index (χ2n) is 9.20. The van der Waals surface area contributed by atoms with Gasteiger partial charge in [0.1, 0.15) is 5.75 Å². The molecule has 29 heavy (non-hydrogen) atoms. The zero-order chi connectivity index (χ0) is 20.8. The quantitative estimate of drug-likeness (QED) is 0.625. The topological polar surface area (TPSA) is 77.1 Å². The van der Waals surface area contributed by atoms with Crippen LogP contribution in [0.2, 0.25) is 0 Å². The molecule has 1 saturated heterocycles. The summed E-state index contributed by atoms with van der Waals surface area (Å²) in [6, 6.07) is 9.37. The zero-order valence-corrected chi connectivity index (χ0v) is 18.0. The summed E-state index contributed by atoms with van der Waals surface area (Å²) in [5.74, 6) is 0.257. The van der Waals surface area contributed by atoms with Gasteiger partial charge in [-0.25, -0.2) is 4.98 Å². The molecule has 1 unspecified atom stereocenters. The van der Waals surface area contributed by atoms with Crippen molar-refractivity contribution < 1.29 is 5.11 Å². The lowest BCUT2D eigenvalue weighted by molar-refractivity contribution is 0.0249. The molecule has 0 aliphatic carbocycles. The number of aromatic hydroxyl groups is 1.